The summed E-state index contributed by atoms with van der Waals surface area (Å²) in [6.07, 6.45) is 3.64. The molecule has 1 unspecified atom stereocenters. The number of anilines is 1. The van der Waals surface area contributed by atoms with Crippen molar-refractivity contribution < 1.29 is 19.1 Å². The minimum atomic E-state index is -0.0732. The van der Waals surface area contributed by atoms with Gasteiger partial charge in [0.15, 0.2) is 0 Å². The standard InChI is InChI=1S/C19H26N2O4S2/c1-4-16-18(23)21(19(26)27-16)11-7-5-6-8-17(22)20-14-12-13(24-2)9-10-15(14)25-3/h9-10,12,16H,4-8,11H2,1-3H3,(H,20,22). The van der Waals surface area contributed by atoms with E-state index < -0.39 is 0 Å². The molecule has 1 aromatic carbocycles. The van der Waals surface area contributed by atoms with Crippen molar-refractivity contribution in [2.24, 2.45) is 0 Å². The molecule has 1 fully saturated rings. The van der Waals surface area contributed by atoms with Crippen molar-refractivity contribution in [3.63, 3.8) is 0 Å². The van der Waals surface area contributed by atoms with Crippen LogP contribution < -0.4 is 14.8 Å². The van der Waals surface area contributed by atoms with E-state index in [-0.39, 0.29) is 17.1 Å². The molecule has 0 bridgehead atoms. The number of thioether (sulfide) groups is 1. The number of amides is 2. The third kappa shape index (κ3) is 5.84. The van der Waals surface area contributed by atoms with Crippen molar-refractivity contribution in [2.75, 3.05) is 26.1 Å². The first kappa shape index (κ1) is 21.5. The van der Waals surface area contributed by atoms with E-state index >= 15 is 0 Å². The van der Waals surface area contributed by atoms with Crippen molar-refractivity contribution in [1.29, 1.82) is 0 Å². The van der Waals surface area contributed by atoms with E-state index in [0.717, 1.165) is 25.7 Å². The van der Waals surface area contributed by atoms with Crippen LogP contribution in [0, 0.1) is 0 Å². The largest absolute Gasteiger partial charge is 0.497 e. The zero-order valence-electron chi connectivity index (χ0n) is 15.9. The SMILES string of the molecule is CCC1SC(=S)N(CCCCCC(=O)Nc2cc(OC)ccc2OC)C1=O. The average Bonchev–Trinajstić information content (AvgIpc) is 2.94. The summed E-state index contributed by atoms with van der Waals surface area (Å²) in [4.78, 5) is 26.1. The van der Waals surface area contributed by atoms with Gasteiger partial charge in [0.25, 0.3) is 0 Å². The van der Waals surface area contributed by atoms with E-state index in [4.69, 9.17) is 21.7 Å². The number of rotatable bonds is 10. The van der Waals surface area contributed by atoms with Gasteiger partial charge >= 0.3 is 0 Å². The van der Waals surface area contributed by atoms with Gasteiger partial charge in [-0.05, 0) is 31.4 Å². The van der Waals surface area contributed by atoms with Crippen molar-refractivity contribution >= 4 is 45.8 Å². The minimum Gasteiger partial charge on any atom is -0.497 e. The lowest BCUT2D eigenvalue weighted by Gasteiger charge is -2.15. The van der Waals surface area contributed by atoms with Crippen LogP contribution in [-0.2, 0) is 9.59 Å². The van der Waals surface area contributed by atoms with Crippen molar-refractivity contribution in [3.05, 3.63) is 18.2 Å². The van der Waals surface area contributed by atoms with Crippen LogP contribution in [0.25, 0.3) is 0 Å². The first-order valence-corrected chi connectivity index (χ1v) is 10.3. The third-order valence-electron chi connectivity index (χ3n) is 4.34. The summed E-state index contributed by atoms with van der Waals surface area (Å²) >= 11 is 6.76. The highest BCUT2D eigenvalue weighted by atomic mass is 32.2. The van der Waals surface area contributed by atoms with Gasteiger partial charge in [-0.25, -0.2) is 0 Å². The number of methoxy groups -OCH3 is 2. The van der Waals surface area contributed by atoms with E-state index in [2.05, 4.69) is 5.32 Å². The fraction of sp³-hybridized carbons (Fsp3) is 0.526. The Kier molecular flexibility index (Phi) is 8.37. The molecule has 1 aliphatic rings. The van der Waals surface area contributed by atoms with Crippen LogP contribution in [0.15, 0.2) is 18.2 Å². The predicted molar refractivity (Wildman–Crippen MR) is 113 cm³/mol. The van der Waals surface area contributed by atoms with Crippen LogP contribution in [0.1, 0.15) is 39.0 Å². The number of ether oxygens (including phenoxy) is 2. The number of benzene rings is 1. The second-order valence-electron chi connectivity index (χ2n) is 6.20. The maximum atomic E-state index is 12.2. The summed E-state index contributed by atoms with van der Waals surface area (Å²) in [6, 6.07) is 5.27. The molecule has 0 radical (unpaired) electrons. The molecule has 0 aromatic heterocycles. The van der Waals surface area contributed by atoms with Gasteiger partial charge < -0.3 is 14.8 Å². The molecule has 2 rings (SSSR count). The maximum Gasteiger partial charge on any atom is 0.241 e. The molecule has 148 valence electrons. The van der Waals surface area contributed by atoms with Gasteiger partial charge in [0.1, 0.15) is 15.8 Å². The zero-order chi connectivity index (χ0) is 19.8. The van der Waals surface area contributed by atoms with Crippen molar-refractivity contribution in [1.82, 2.24) is 4.90 Å². The molecule has 1 aliphatic heterocycles. The van der Waals surface area contributed by atoms with Gasteiger partial charge in [0.05, 0.1) is 25.2 Å². The lowest BCUT2D eigenvalue weighted by molar-refractivity contribution is -0.126. The topological polar surface area (TPSA) is 67.9 Å². The normalized spacial score (nSPS) is 16.6. The molecule has 1 saturated heterocycles. The van der Waals surface area contributed by atoms with Crippen LogP contribution >= 0.6 is 24.0 Å². The highest BCUT2D eigenvalue weighted by molar-refractivity contribution is 8.24. The molecule has 0 saturated carbocycles. The number of carbonyl (C=O) groups is 2. The average molecular weight is 411 g/mol. The molecule has 1 atom stereocenters. The highest BCUT2D eigenvalue weighted by Crippen LogP contribution is 2.30. The molecule has 27 heavy (non-hydrogen) atoms. The molecule has 1 aromatic rings. The molecule has 6 nitrogen and oxygen atoms in total. The minimum absolute atomic E-state index is 0.0267. The summed E-state index contributed by atoms with van der Waals surface area (Å²) in [5.41, 5.74) is 0.595. The summed E-state index contributed by atoms with van der Waals surface area (Å²) in [6.45, 7) is 2.63. The number of unbranched alkanes of at least 4 members (excludes halogenated alkanes) is 2. The van der Waals surface area contributed by atoms with Gasteiger partial charge in [-0.3, -0.25) is 14.5 Å². The van der Waals surface area contributed by atoms with Gasteiger partial charge in [0.2, 0.25) is 11.8 Å². The third-order valence-corrected chi connectivity index (χ3v) is 6.09. The van der Waals surface area contributed by atoms with Crippen molar-refractivity contribution in [2.45, 2.75) is 44.3 Å². The molecule has 0 spiro atoms. The Balaban J connectivity index is 1.73. The highest BCUT2D eigenvalue weighted by Gasteiger charge is 2.34. The van der Waals surface area contributed by atoms with E-state index in [1.165, 1.54) is 11.8 Å². The first-order valence-electron chi connectivity index (χ1n) is 9.04. The Labute approximate surface area is 170 Å². The van der Waals surface area contributed by atoms with E-state index in [1.807, 2.05) is 6.92 Å². The summed E-state index contributed by atoms with van der Waals surface area (Å²) in [5.74, 6) is 1.29. The first-order chi connectivity index (χ1) is 13.0. The summed E-state index contributed by atoms with van der Waals surface area (Å²) < 4.78 is 11.1. The second kappa shape index (κ2) is 10.5. The Morgan fingerprint density at radius 2 is 2.04 bits per heavy atom. The summed E-state index contributed by atoms with van der Waals surface area (Å²) in [5, 5.41) is 2.84. The van der Waals surface area contributed by atoms with Crippen LogP contribution in [0.3, 0.4) is 0 Å². The molecular weight excluding hydrogens is 384 g/mol. The number of thiocarbonyl (C=S) groups is 1. The van der Waals surface area contributed by atoms with Crippen LogP contribution in [-0.4, -0.2) is 47.0 Å². The van der Waals surface area contributed by atoms with Gasteiger partial charge in [-0.15, -0.1) is 0 Å². The maximum absolute atomic E-state index is 12.2. The van der Waals surface area contributed by atoms with E-state index in [0.29, 0.717) is 34.5 Å². The Morgan fingerprint density at radius 1 is 1.26 bits per heavy atom. The molecule has 1 heterocycles. The van der Waals surface area contributed by atoms with E-state index in [9.17, 15) is 9.59 Å². The number of hydrogen-bond donors (Lipinski definition) is 1. The van der Waals surface area contributed by atoms with Crippen LogP contribution in [0.5, 0.6) is 11.5 Å². The Morgan fingerprint density at radius 3 is 2.67 bits per heavy atom. The van der Waals surface area contributed by atoms with E-state index in [1.54, 1.807) is 37.3 Å². The fourth-order valence-corrected chi connectivity index (χ4v) is 4.29. The fourth-order valence-electron chi connectivity index (χ4n) is 2.82. The zero-order valence-corrected chi connectivity index (χ0v) is 17.6. The van der Waals surface area contributed by atoms with Gasteiger partial charge in [-0.2, -0.15) is 0 Å². The van der Waals surface area contributed by atoms with Crippen molar-refractivity contribution in [3.8, 4) is 11.5 Å². The van der Waals surface area contributed by atoms with Crippen LogP contribution in [0.4, 0.5) is 5.69 Å². The van der Waals surface area contributed by atoms with Gasteiger partial charge in [0, 0.05) is 19.0 Å². The number of nitrogens with zero attached hydrogens (tertiary/aromatic N) is 1. The summed E-state index contributed by atoms with van der Waals surface area (Å²) in [7, 11) is 3.13. The molecule has 2 amide bonds. The number of nitrogens with one attached hydrogen (secondary N) is 1. The quantitative estimate of drug-likeness (QED) is 0.467. The lowest BCUT2D eigenvalue weighted by atomic mass is 10.1. The molecular formula is C19H26N2O4S2. The lowest BCUT2D eigenvalue weighted by Crippen LogP contribution is -2.32. The molecule has 8 heteroatoms. The number of carbonyl (C=O) groups excluding carboxylic acids is 2. The molecule has 0 aliphatic carbocycles. The second-order valence-corrected chi connectivity index (χ2v) is 8.03. The smallest absolute Gasteiger partial charge is 0.241 e. The Bertz CT molecular complexity index is 696. The predicted octanol–water partition coefficient (Wildman–Crippen LogP) is 3.84. The molecule has 1 N–H and O–H groups in total. The van der Waals surface area contributed by atoms with Gasteiger partial charge in [-0.1, -0.05) is 37.3 Å². The Hall–Kier alpha value is -1.80. The monoisotopic (exact) mass is 410 g/mol. The van der Waals surface area contributed by atoms with Crippen LogP contribution in [0.2, 0.25) is 0 Å². The number of hydrogen-bond acceptors (Lipinski definition) is 6.